The maximum absolute atomic E-state index is 12.4. The summed E-state index contributed by atoms with van der Waals surface area (Å²) in [4.78, 5) is 14.2. The number of benzene rings is 1. The van der Waals surface area contributed by atoms with Crippen molar-refractivity contribution in [2.45, 2.75) is 11.8 Å². The molecule has 0 unspecified atom stereocenters. The average Bonchev–Trinajstić information content (AvgIpc) is 2.89. The Morgan fingerprint density at radius 1 is 1.21 bits per heavy atom. The van der Waals surface area contributed by atoms with Gasteiger partial charge in [-0.2, -0.15) is 11.3 Å². The number of nitrogens with zero attached hydrogens (tertiary/aromatic N) is 1. The van der Waals surface area contributed by atoms with Crippen LogP contribution < -0.4 is 0 Å². The third-order valence-electron chi connectivity index (χ3n) is 2.52. The Labute approximate surface area is 115 Å². The lowest BCUT2D eigenvalue weighted by Gasteiger charge is -2.06. The SMILES string of the molecule is Cc1ccc(S(=O)(=O)C(=NC=O)c2ccsc2)cc1. The summed E-state index contributed by atoms with van der Waals surface area (Å²) in [5.41, 5.74) is 1.39. The van der Waals surface area contributed by atoms with Crippen molar-refractivity contribution in [1.29, 1.82) is 0 Å². The molecule has 0 atom stereocenters. The van der Waals surface area contributed by atoms with Gasteiger partial charge in [0.25, 0.3) is 0 Å². The molecule has 0 spiro atoms. The molecule has 0 radical (unpaired) electrons. The smallest absolute Gasteiger partial charge is 0.234 e. The Bertz CT molecular complexity index is 699. The fraction of sp³-hybridized carbons (Fsp3) is 0.0769. The van der Waals surface area contributed by atoms with Crippen LogP contribution in [0.25, 0.3) is 0 Å². The molecule has 1 aromatic carbocycles. The van der Waals surface area contributed by atoms with Gasteiger partial charge < -0.3 is 0 Å². The largest absolute Gasteiger partial charge is 0.276 e. The molecule has 2 aromatic rings. The van der Waals surface area contributed by atoms with E-state index < -0.39 is 9.84 Å². The first-order valence-corrected chi connectivity index (χ1v) is 7.84. The van der Waals surface area contributed by atoms with Crippen LogP contribution in [0.15, 0.2) is 51.0 Å². The molecule has 0 fully saturated rings. The van der Waals surface area contributed by atoms with Gasteiger partial charge >= 0.3 is 0 Å². The second-order valence-electron chi connectivity index (χ2n) is 3.87. The number of thiophene rings is 1. The Morgan fingerprint density at radius 3 is 2.42 bits per heavy atom. The highest BCUT2D eigenvalue weighted by atomic mass is 32.2. The monoisotopic (exact) mass is 293 g/mol. The molecule has 19 heavy (non-hydrogen) atoms. The summed E-state index contributed by atoms with van der Waals surface area (Å²) in [7, 11) is -3.78. The molecule has 4 nitrogen and oxygen atoms in total. The molecular weight excluding hydrogens is 282 g/mol. The van der Waals surface area contributed by atoms with Gasteiger partial charge in [-0.25, -0.2) is 13.4 Å². The predicted molar refractivity (Wildman–Crippen MR) is 75.3 cm³/mol. The molecule has 98 valence electrons. The fourth-order valence-electron chi connectivity index (χ4n) is 1.56. The van der Waals surface area contributed by atoms with Crippen molar-refractivity contribution in [2.24, 2.45) is 4.99 Å². The minimum atomic E-state index is -3.78. The zero-order chi connectivity index (χ0) is 13.9. The molecule has 0 saturated carbocycles. The van der Waals surface area contributed by atoms with E-state index in [1.165, 1.54) is 23.5 Å². The van der Waals surface area contributed by atoms with E-state index in [0.29, 0.717) is 5.56 Å². The number of carbonyl (C=O) groups excluding carboxylic acids is 1. The molecule has 0 aliphatic heterocycles. The zero-order valence-electron chi connectivity index (χ0n) is 10.1. The summed E-state index contributed by atoms with van der Waals surface area (Å²) in [6, 6.07) is 8.06. The van der Waals surface area contributed by atoms with Crippen molar-refractivity contribution in [3.63, 3.8) is 0 Å². The van der Waals surface area contributed by atoms with Gasteiger partial charge in [0, 0.05) is 10.9 Å². The highest BCUT2D eigenvalue weighted by molar-refractivity contribution is 8.07. The van der Waals surface area contributed by atoms with Gasteiger partial charge in [-0.3, -0.25) is 4.79 Å². The summed E-state index contributed by atoms with van der Waals surface area (Å²) in [6.45, 7) is 1.87. The number of hydrogen-bond acceptors (Lipinski definition) is 4. The van der Waals surface area contributed by atoms with Crippen molar-refractivity contribution in [3.8, 4) is 0 Å². The molecule has 0 N–H and O–H groups in total. The van der Waals surface area contributed by atoms with Gasteiger partial charge in [-0.1, -0.05) is 17.7 Å². The number of carbonyl (C=O) groups is 1. The first-order chi connectivity index (χ1) is 9.05. The van der Waals surface area contributed by atoms with Gasteiger partial charge in [-0.15, -0.1) is 0 Å². The topological polar surface area (TPSA) is 63.6 Å². The predicted octanol–water partition coefficient (Wildman–Crippen LogP) is 2.43. The van der Waals surface area contributed by atoms with E-state index in [4.69, 9.17) is 0 Å². The summed E-state index contributed by atoms with van der Waals surface area (Å²) in [5, 5.41) is 3.17. The third-order valence-corrected chi connectivity index (χ3v) is 4.95. The maximum atomic E-state index is 12.4. The maximum Gasteiger partial charge on any atom is 0.234 e. The summed E-state index contributed by atoms with van der Waals surface area (Å²) < 4.78 is 24.9. The van der Waals surface area contributed by atoms with Gasteiger partial charge in [0.2, 0.25) is 16.2 Å². The number of aryl methyl sites for hydroxylation is 1. The van der Waals surface area contributed by atoms with Crippen LogP contribution >= 0.6 is 11.3 Å². The second-order valence-corrected chi connectivity index (χ2v) is 6.51. The highest BCUT2D eigenvalue weighted by Gasteiger charge is 2.24. The van der Waals surface area contributed by atoms with Crippen molar-refractivity contribution in [3.05, 3.63) is 52.2 Å². The first-order valence-electron chi connectivity index (χ1n) is 5.41. The van der Waals surface area contributed by atoms with Crippen molar-refractivity contribution in [2.75, 3.05) is 0 Å². The van der Waals surface area contributed by atoms with E-state index in [1.807, 2.05) is 6.92 Å². The molecule has 0 bridgehead atoms. The number of hydrogen-bond donors (Lipinski definition) is 0. The second kappa shape index (κ2) is 5.46. The first kappa shape index (κ1) is 13.6. The molecular formula is C13H11NO3S2. The van der Waals surface area contributed by atoms with E-state index in [2.05, 4.69) is 4.99 Å². The quantitative estimate of drug-likeness (QED) is 0.496. The molecule has 1 aromatic heterocycles. The Balaban J connectivity index is 2.56. The molecule has 1 amide bonds. The van der Waals surface area contributed by atoms with E-state index in [9.17, 15) is 13.2 Å². The molecule has 0 aliphatic carbocycles. The van der Waals surface area contributed by atoms with Gasteiger partial charge in [-0.05, 0) is 30.5 Å². The van der Waals surface area contributed by atoms with Crippen molar-refractivity contribution in [1.82, 2.24) is 0 Å². The number of amides is 1. The molecule has 0 saturated heterocycles. The van der Waals surface area contributed by atoms with Gasteiger partial charge in [0.1, 0.15) is 0 Å². The lowest BCUT2D eigenvalue weighted by atomic mass is 10.2. The lowest BCUT2D eigenvalue weighted by Crippen LogP contribution is -2.16. The van der Waals surface area contributed by atoms with Crippen molar-refractivity contribution < 1.29 is 13.2 Å². The standard InChI is InChI=1S/C13H11NO3S2/c1-10-2-4-12(5-3-10)19(16,17)13(14-9-15)11-6-7-18-8-11/h2-9H,1H3. The van der Waals surface area contributed by atoms with Crippen LogP contribution in [0.5, 0.6) is 0 Å². The van der Waals surface area contributed by atoms with Crippen LogP contribution in [0.4, 0.5) is 0 Å². The Morgan fingerprint density at radius 2 is 1.89 bits per heavy atom. The number of rotatable bonds is 3. The fourth-order valence-corrected chi connectivity index (χ4v) is 3.61. The molecule has 1 heterocycles. The minimum absolute atomic E-state index is 0.130. The average molecular weight is 293 g/mol. The van der Waals surface area contributed by atoms with E-state index in [-0.39, 0.29) is 16.3 Å². The van der Waals surface area contributed by atoms with Crippen LogP contribution in [0.3, 0.4) is 0 Å². The summed E-state index contributed by atoms with van der Waals surface area (Å²) >= 11 is 1.35. The summed E-state index contributed by atoms with van der Waals surface area (Å²) in [5.74, 6) is 0. The van der Waals surface area contributed by atoms with Crippen LogP contribution in [0.2, 0.25) is 0 Å². The van der Waals surface area contributed by atoms with E-state index in [1.54, 1.807) is 29.0 Å². The minimum Gasteiger partial charge on any atom is -0.276 e. The molecule has 0 aliphatic rings. The zero-order valence-corrected chi connectivity index (χ0v) is 11.7. The Kier molecular flexibility index (Phi) is 3.92. The van der Waals surface area contributed by atoms with Crippen molar-refractivity contribution >= 4 is 32.6 Å². The van der Waals surface area contributed by atoms with Crippen LogP contribution in [-0.2, 0) is 14.6 Å². The molecule has 6 heteroatoms. The lowest BCUT2D eigenvalue weighted by molar-refractivity contribution is -0.106. The molecule has 2 rings (SSSR count). The van der Waals surface area contributed by atoms with Crippen LogP contribution in [-0.4, -0.2) is 19.9 Å². The highest BCUT2D eigenvalue weighted by Crippen LogP contribution is 2.19. The number of aliphatic imine (C=N–C) groups is 1. The Hall–Kier alpha value is -1.79. The van der Waals surface area contributed by atoms with Crippen LogP contribution in [0, 0.1) is 6.92 Å². The van der Waals surface area contributed by atoms with Gasteiger partial charge in [0.15, 0.2) is 5.04 Å². The normalized spacial score (nSPS) is 12.4. The van der Waals surface area contributed by atoms with Crippen LogP contribution in [0.1, 0.15) is 11.1 Å². The van der Waals surface area contributed by atoms with E-state index in [0.717, 1.165) is 5.56 Å². The number of sulfone groups is 1. The third kappa shape index (κ3) is 2.80. The van der Waals surface area contributed by atoms with Gasteiger partial charge in [0.05, 0.1) is 4.90 Å². The summed E-state index contributed by atoms with van der Waals surface area (Å²) in [6.07, 6.45) is 0.249. The van der Waals surface area contributed by atoms with E-state index >= 15 is 0 Å².